The normalized spacial score (nSPS) is 27.9. The van der Waals surface area contributed by atoms with Crippen molar-refractivity contribution in [2.24, 2.45) is 0 Å². The molecule has 0 spiro atoms. The number of ether oxygens (including phenoxy) is 1. The van der Waals surface area contributed by atoms with E-state index in [9.17, 15) is 4.79 Å². The monoisotopic (exact) mass is 258 g/mol. The van der Waals surface area contributed by atoms with Crippen molar-refractivity contribution in [3.05, 3.63) is 11.1 Å². The summed E-state index contributed by atoms with van der Waals surface area (Å²) in [5, 5.41) is 0. The van der Waals surface area contributed by atoms with E-state index in [0.29, 0.717) is 11.1 Å². The van der Waals surface area contributed by atoms with Crippen LogP contribution in [0.2, 0.25) is 0 Å². The highest BCUT2D eigenvalue weighted by atomic mass is 32.2. The van der Waals surface area contributed by atoms with E-state index >= 15 is 0 Å². The molecule has 16 heavy (non-hydrogen) atoms. The molecule has 0 saturated carbocycles. The Labute approximate surface area is 106 Å². The maximum absolute atomic E-state index is 10.4. The van der Waals surface area contributed by atoms with Crippen molar-refractivity contribution in [2.45, 2.75) is 43.3 Å². The smallest absolute Gasteiger partial charge is 0.293 e. The molecule has 4 heteroatoms. The van der Waals surface area contributed by atoms with Gasteiger partial charge < -0.3 is 4.74 Å². The molecule has 2 nitrogen and oxygen atoms in total. The van der Waals surface area contributed by atoms with Gasteiger partial charge in [-0.2, -0.15) is 0 Å². The van der Waals surface area contributed by atoms with Crippen LogP contribution in [0.1, 0.15) is 32.6 Å². The van der Waals surface area contributed by atoms with Crippen molar-refractivity contribution in [2.75, 3.05) is 11.5 Å². The SMILES string of the molecule is CC1=C(C2SCCCS2)CCCC1OC=O. The van der Waals surface area contributed by atoms with Crippen LogP contribution in [0.25, 0.3) is 0 Å². The predicted octanol–water partition coefficient (Wildman–Crippen LogP) is 3.22. The zero-order chi connectivity index (χ0) is 11.4. The van der Waals surface area contributed by atoms with Crippen molar-refractivity contribution in [3.63, 3.8) is 0 Å². The lowest BCUT2D eigenvalue weighted by molar-refractivity contribution is -0.132. The Bertz CT molecular complexity index is 283. The van der Waals surface area contributed by atoms with Crippen molar-refractivity contribution in [3.8, 4) is 0 Å². The third-order valence-electron chi connectivity index (χ3n) is 3.23. The molecule has 90 valence electrons. The minimum atomic E-state index is 0.0457. The zero-order valence-corrected chi connectivity index (χ0v) is 11.2. The van der Waals surface area contributed by atoms with E-state index in [1.165, 1.54) is 35.5 Å². The molecule has 1 saturated heterocycles. The second-order valence-corrected chi connectivity index (χ2v) is 6.97. The fraction of sp³-hybridized carbons (Fsp3) is 0.750. The lowest BCUT2D eigenvalue weighted by Crippen LogP contribution is -2.23. The van der Waals surface area contributed by atoms with Gasteiger partial charge in [-0.1, -0.05) is 0 Å². The van der Waals surface area contributed by atoms with Crippen LogP contribution in [-0.4, -0.2) is 28.7 Å². The zero-order valence-electron chi connectivity index (χ0n) is 9.61. The number of thioether (sulfide) groups is 2. The Morgan fingerprint density at radius 1 is 1.31 bits per heavy atom. The van der Waals surface area contributed by atoms with Crippen LogP contribution in [0.4, 0.5) is 0 Å². The summed E-state index contributed by atoms with van der Waals surface area (Å²) in [5.41, 5.74) is 2.85. The van der Waals surface area contributed by atoms with Gasteiger partial charge in [0, 0.05) is 0 Å². The largest absolute Gasteiger partial charge is 0.460 e. The van der Waals surface area contributed by atoms with E-state index in [2.05, 4.69) is 30.4 Å². The van der Waals surface area contributed by atoms with E-state index in [-0.39, 0.29) is 6.10 Å². The highest BCUT2D eigenvalue weighted by molar-refractivity contribution is 8.17. The fourth-order valence-electron chi connectivity index (χ4n) is 2.33. The summed E-state index contributed by atoms with van der Waals surface area (Å²) in [5.74, 6) is 2.54. The summed E-state index contributed by atoms with van der Waals surface area (Å²) in [7, 11) is 0. The lowest BCUT2D eigenvalue weighted by Gasteiger charge is -2.31. The first-order chi connectivity index (χ1) is 7.83. The number of carbonyl (C=O) groups is 1. The molecule has 1 unspecified atom stereocenters. The Morgan fingerprint density at radius 3 is 2.75 bits per heavy atom. The molecular formula is C12H18O2S2. The maximum atomic E-state index is 10.4. The van der Waals surface area contributed by atoms with Gasteiger partial charge in [0.2, 0.25) is 0 Å². The molecule has 1 aliphatic carbocycles. The van der Waals surface area contributed by atoms with Gasteiger partial charge in [-0.15, -0.1) is 23.5 Å². The van der Waals surface area contributed by atoms with Gasteiger partial charge in [-0.3, -0.25) is 4.79 Å². The Morgan fingerprint density at radius 2 is 2.06 bits per heavy atom. The Kier molecular flexibility index (Phi) is 4.65. The molecule has 2 aliphatic rings. The maximum Gasteiger partial charge on any atom is 0.293 e. The molecule has 0 N–H and O–H groups in total. The minimum absolute atomic E-state index is 0.0457. The first kappa shape index (κ1) is 12.4. The van der Waals surface area contributed by atoms with E-state index in [4.69, 9.17) is 4.74 Å². The second-order valence-electron chi connectivity index (χ2n) is 4.25. The number of hydrogen-bond acceptors (Lipinski definition) is 4. The highest BCUT2D eigenvalue weighted by Crippen LogP contribution is 2.41. The third kappa shape index (κ3) is 2.77. The van der Waals surface area contributed by atoms with Crippen molar-refractivity contribution in [1.29, 1.82) is 0 Å². The number of carbonyl (C=O) groups excluding carboxylic acids is 1. The minimum Gasteiger partial charge on any atom is -0.460 e. The van der Waals surface area contributed by atoms with Crippen molar-refractivity contribution < 1.29 is 9.53 Å². The molecule has 0 bridgehead atoms. The number of rotatable bonds is 3. The number of hydrogen-bond donors (Lipinski definition) is 0. The van der Waals surface area contributed by atoms with Crippen LogP contribution < -0.4 is 0 Å². The molecule has 1 heterocycles. The van der Waals surface area contributed by atoms with E-state index in [1.807, 2.05) is 0 Å². The average molecular weight is 258 g/mol. The van der Waals surface area contributed by atoms with Gasteiger partial charge in [0.15, 0.2) is 0 Å². The van der Waals surface area contributed by atoms with Crippen molar-refractivity contribution in [1.82, 2.24) is 0 Å². The Hall–Kier alpha value is -0.0900. The summed E-state index contributed by atoms with van der Waals surface area (Å²) in [6.45, 7) is 2.73. The topological polar surface area (TPSA) is 26.3 Å². The average Bonchev–Trinajstić information content (AvgIpc) is 2.33. The van der Waals surface area contributed by atoms with Gasteiger partial charge in [0.1, 0.15) is 6.10 Å². The second kappa shape index (κ2) is 6.01. The van der Waals surface area contributed by atoms with E-state index in [0.717, 1.165) is 12.8 Å². The van der Waals surface area contributed by atoms with Gasteiger partial charge in [0.05, 0.1) is 4.58 Å². The molecule has 1 fully saturated rings. The lowest BCUT2D eigenvalue weighted by atomic mass is 9.91. The van der Waals surface area contributed by atoms with Gasteiger partial charge in [-0.05, 0) is 55.3 Å². The summed E-state index contributed by atoms with van der Waals surface area (Å²) in [4.78, 5) is 10.4. The molecule has 0 aromatic rings. The molecule has 0 radical (unpaired) electrons. The molecule has 0 aromatic heterocycles. The van der Waals surface area contributed by atoms with Crippen LogP contribution in [0, 0.1) is 0 Å². The summed E-state index contributed by atoms with van der Waals surface area (Å²) in [6.07, 6.45) is 4.71. The summed E-state index contributed by atoms with van der Waals surface area (Å²) >= 11 is 4.11. The molecule has 1 aliphatic heterocycles. The van der Waals surface area contributed by atoms with Crippen LogP contribution in [0.3, 0.4) is 0 Å². The molecule has 0 aromatic carbocycles. The standard InChI is InChI=1S/C12H18O2S2/c1-9-10(12-15-6-3-7-16-12)4-2-5-11(9)14-8-13/h8,11-12H,2-7H2,1H3. The van der Waals surface area contributed by atoms with Crippen LogP contribution in [0.15, 0.2) is 11.1 Å². The first-order valence-electron chi connectivity index (χ1n) is 5.85. The Balaban J connectivity index is 2.10. The highest BCUT2D eigenvalue weighted by Gasteiger charge is 2.27. The molecule has 1 atom stereocenters. The van der Waals surface area contributed by atoms with E-state index < -0.39 is 0 Å². The molecular weight excluding hydrogens is 240 g/mol. The van der Waals surface area contributed by atoms with E-state index in [1.54, 1.807) is 0 Å². The summed E-state index contributed by atoms with van der Waals surface area (Å²) < 4.78 is 5.78. The fourth-order valence-corrected chi connectivity index (χ4v) is 5.53. The van der Waals surface area contributed by atoms with Crippen LogP contribution >= 0.6 is 23.5 Å². The predicted molar refractivity (Wildman–Crippen MR) is 70.8 cm³/mol. The summed E-state index contributed by atoms with van der Waals surface area (Å²) in [6, 6.07) is 0. The first-order valence-corrected chi connectivity index (χ1v) is 7.94. The van der Waals surface area contributed by atoms with Gasteiger partial charge in [-0.25, -0.2) is 0 Å². The quantitative estimate of drug-likeness (QED) is 0.573. The van der Waals surface area contributed by atoms with Crippen LogP contribution in [0.5, 0.6) is 0 Å². The third-order valence-corrected chi connectivity index (χ3v) is 6.27. The van der Waals surface area contributed by atoms with Crippen LogP contribution in [-0.2, 0) is 9.53 Å². The van der Waals surface area contributed by atoms with Gasteiger partial charge in [0.25, 0.3) is 6.47 Å². The molecule has 2 rings (SSSR count). The molecule has 0 amide bonds. The van der Waals surface area contributed by atoms with Crippen molar-refractivity contribution >= 4 is 30.0 Å². The van der Waals surface area contributed by atoms with Gasteiger partial charge >= 0.3 is 0 Å².